The summed E-state index contributed by atoms with van der Waals surface area (Å²) in [5.74, 6) is 1.87. The number of halogens is 2. The molecular weight excluding hydrogens is 473 g/mol. The Morgan fingerprint density at radius 1 is 1.16 bits per heavy atom. The zero-order valence-corrected chi connectivity index (χ0v) is 19.3. The molecule has 0 unspecified atom stereocenters. The molecule has 0 aliphatic heterocycles. The van der Waals surface area contributed by atoms with Crippen LogP contribution in [0.5, 0.6) is 5.75 Å². The van der Waals surface area contributed by atoms with E-state index in [0.717, 1.165) is 5.56 Å². The lowest BCUT2D eigenvalue weighted by atomic mass is 10.2. The lowest BCUT2D eigenvalue weighted by Crippen LogP contribution is -2.14. The first kappa shape index (κ1) is 22.2. The quantitative estimate of drug-likeness (QED) is 0.353. The summed E-state index contributed by atoms with van der Waals surface area (Å²) in [4.78, 5) is 12.4. The van der Waals surface area contributed by atoms with Crippen molar-refractivity contribution in [2.24, 2.45) is 0 Å². The Hall–Kier alpha value is -3.01. The summed E-state index contributed by atoms with van der Waals surface area (Å²) in [6, 6.07) is 14.1. The van der Waals surface area contributed by atoms with Gasteiger partial charge in [-0.3, -0.25) is 9.36 Å². The lowest BCUT2D eigenvalue weighted by Gasteiger charge is -2.14. The molecule has 164 valence electrons. The summed E-state index contributed by atoms with van der Waals surface area (Å²) in [7, 11) is 1.57. The fourth-order valence-corrected chi connectivity index (χ4v) is 4.07. The highest BCUT2D eigenvalue weighted by atomic mass is 35.5. The van der Waals surface area contributed by atoms with Crippen molar-refractivity contribution in [3.05, 3.63) is 64.3 Å². The monoisotopic (exact) mass is 489 g/mol. The van der Waals surface area contributed by atoms with Crippen LogP contribution in [0, 0.1) is 6.92 Å². The number of anilines is 1. The van der Waals surface area contributed by atoms with Gasteiger partial charge in [-0.25, -0.2) is 0 Å². The number of methoxy groups -OCH3 is 1. The van der Waals surface area contributed by atoms with E-state index in [0.29, 0.717) is 44.0 Å². The number of nitrogens with zero attached hydrogens (tertiary/aromatic N) is 4. The first-order chi connectivity index (χ1) is 15.4. The molecule has 4 aromatic rings. The Morgan fingerprint density at radius 2 is 1.97 bits per heavy atom. The third-order valence-corrected chi connectivity index (χ3v) is 5.72. The second-order valence-electron chi connectivity index (χ2n) is 6.63. The molecule has 0 bridgehead atoms. The third kappa shape index (κ3) is 4.90. The molecule has 2 aromatic heterocycles. The summed E-state index contributed by atoms with van der Waals surface area (Å²) in [5, 5.41) is 16.7. The van der Waals surface area contributed by atoms with Gasteiger partial charge in [0.2, 0.25) is 5.91 Å². The van der Waals surface area contributed by atoms with Gasteiger partial charge in [-0.2, -0.15) is 0 Å². The maximum absolute atomic E-state index is 12.4. The molecule has 1 N–H and O–H groups in total. The van der Waals surface area contributed by atoms with E-state index in [1.807, 2.05) is 12.1 Å². The lowest BCUT2D eigenvalue weighted by molar-refractivity contribution is -0.113. The van der Waals surface area contributed by atoms with Gasteiger partial charge in [0.05, 0.1) is 18.6 Å². The molecule has 0 fully saturated rings. The summed E-state index contributed by atoms with van der Waals surface area (Å²) in [6.07, 6.45) is 0. The van der Waals surface area contributed by atoms with E-state index in [-0.39, 0.29) is 11.7 Å². The fraction of sp³-hybridized carbons (Fsp3) is 0.143. The number of aryl methyl sites for hydroxylation is 1. The van der Waals surface area contributed by atoms with Crippen LogP contribution in [0.25, 0.3) is 17.1 Å². The molecule has 32 heavy (non-hydrogen) atoms. The van der Waals surface area contributed by atoms with Crippen molar-refractivity contribution >= 4 is 46.7 Å². The van der Waals surface area contributed by atoms with E-state index in [9.17, 15) is 4.79 Å². The average Bonchev–Trinajstić information content (AvgIpc) is 3.38. The number of carbonyl (C=O) groups is 1. The van der Waals surface area contributed by atoms with Crippen LogP contribution in [0.1, 0.15) is 5.76 Å². The molecule has 0 atom stereocenters. The molecule has 4 rings (SSSR count). The minimum absolute atomic E-state index is 0.0719. The molecule has 0 saturated heterocycles. The number of rotatable bonds is 7. The van der Waals surface area contributed by atoms with Gasteiger partial charge in [0.1, 0.15) is 11.5 Å². The number of amides is 1. The van der Waals surface area contributed by atoms with Gasteiger partial charge in [0, 0.05) is 21.7 Å². The van der Waals surface area contributed by atoms with Crippen molar-refractivity contribution in [2.75, 3.05) is 18.2 Å². The van der Waals surface area contributed by atoms with Crippen LogP contribution in [-0.2, 0) is 4.79 Å². The van der Waals surface area contributed by atoms with E-state index in [1.165, 1.54) is 11.8 Å². The molecule has 2 heterocycles. The van der Waals surface area contributed by atoms with Gasteiger partial charge >= 0.3 is 0 Å². The number of thioether (sulfide) groups is 1. The van der Waals surface area contributed by atoms with Crippen LogP contribution in [0.4, 0.5) is 5.82 Å². The van der Waals surface area contributed by atoms with Crippen LogP contribution in [0.2, 0.25) is 10.0 Å². The fourth-order valence-electron chi connectivity index (χ4n) is 2.97. The Morgan fingerprint density at radius 3 is 2.69 bits per heavy atom. The molecular formula is C21H17Cl2N5O3S. The summed E-state index contributed by atoms with van der Waals surface area (Å²) >= 11 is 13.7. The highest BCUT2D eigenvalue weighted by Gasteiger charge is 2.21. The molecule has 0 radical (unpaired) electrons. The molecule has 1 amide bonds. The number of carbonyl (C=O) groups excluding carboxylic acids is 1. The normalized spacial score (nSPS) is 10.9. The first-order valence-corrected chi connectivity index (χ1v) is 11.1. The van der Waals surface area contributed by atoms with Gasteiger partial charge in [-0.15, -0.1) is 10.2 Å². The van der Waals surface area contributed by atoms with Crippen molar-refractivity contribution in [3.8, 4) is 22.8 Å². The van der Waals surface area contributed by atoms with Crippen molar-refractivity contribution in [3.63, 3.8) is 0 Å². The van der Waals surface area contributed by atoms with Crippen LogP contribution >= 0.6 is 35.0 Å². The predicted octanol–water partition coefficient (Wildman–Crippen LogP) is 5.28. The Kier molecular flexibility index (Phi) is 6.69. The zero-order valence-electron chi connectivity index (χ0n) is 17.0. The van der Waals surface area contributed by atoms with E-state index < -0.39 is 0 Å². The minimum Gasteiger partial charge on any atom is -0.495 e. The van der Waals surface area contributed by atoms with Gasteiger partial charge in [0.25, 0.3) is 0 Å². The largest absolute Gasteiger partial charge is 0.495 e. The molecule has 0 aliphatic carbocycles. The predicted molar refractivity (Wildman–Crippen MR) is 124 cm³/mol. The molecule has 0 saturated carbocycles. The Labute approximate surface area is 197 Å². The van der Waals surface area contributed by atoms with Crippen molar-refractivity contribution in [2.45, 2.75) is 12.1 Å². The van der Waals surface area contributed by atoms with Crippen molar-refractivity contribution in [1.82, 2.24) is 19.9 Å². The van der Waals surface area contributed by atoms with Crippen LogP contribution in [-0.4, -0.2) is 38.7 Å². The van der Waals surface area contributed by atoms with Crippen LogP contribution in [0.3, 0.4) is 0 Å². The Bertz CT molecular complexity index is 1270. The van der Waals surface area contributed by atoms with E-state index in [1.54, 1.807) is 55.0 Å². The topological polar surface area (TPSA) is 95.1 Å². The second kappa shape index (κ2) is 9.64. The van der Waals surface area contributed by atoms with Gasteiger partial charge in [-0.1, -0.05) is 52.3 Å². The molecule has 0 aliphatic rings. The maximum atomic E-state index is 12.4. The number of nitrogens with one attached hydrogen (secondary N) is 1. The molecule has 0 spiro atoms. The zero-order chi connectivity index (χ0) is 22.7. The van der Waals surface area contributed by atoms with Gasteiger partial charge in [0.15, 0.2) is 16.8 Å². The number of aromatic nitrogens is 4. The van der Waals surface area contributed by atoms with Crippen LogP contribution in [0.15, 0.2) is 58.2 Å². The third-order valence-electron chi connectivity index (χ3n) is 4.33. The highest BCUT2D eigenvalue weighted by Crippen LogP contribution is 2.34. The summed E-state index contributed by atoms with van der Waals surface area (Å²) < 4.78 is 12.3. The number of hydrogen-bond donors (Lipinski definition) is 1. The smallest absolute Gasteiger partial charge is 0.236 e. The van der Waals surface area contributed by atoms with Crippen molar-refractivity contribution < 1.29 is 14.1 Å². The number of hydrogen-bond acceptors (Lipinski definition) is 7. The molecule has 11 heteroatoms. The van der Waals surface area contributed by atoms with Crippen LogP contribution < -0.4 is 10.1 Å². The summed E-state index contributed by atoms with van der Waals surface area (Å²) in [5.41, 5.74) is 1.39. The molecule has 2 aromatic carbocycles. The highest BCUT2D eigenvalue weighted by molar-refractivity contribution is 7.99. The van der Waals surface area contributed by atoms with Crippen molar-refractivity contribution in [1.29, 1.82) is 0 Å². The van der Waals surface area contributed by atoms with E-state index >= 15 is 0 Å². The van der Waals surface area contributed by atoms with E-state index in [2.05, 4.69) is 20.7 Å². The Balaban J connectivity index is 1.70. The van der Waals surface area contributed by atoms with Gasteiger partial charge < -0.3 is 14.6 Å². The average molecular weight is 490 g/mol. The van der Waals surface area contributed by atoms with E-state index in [4.69, 9.17) is 32.5 Å². The minimum atomic E-state index is -0.264. The number of ether oxygens (including phenoxy) is 1. The maximum Gasteiger partial charge on any atom is 0.236 e. The molecule has 8 nitrogen and oxygen atoms in total. The second-order valence-corrected chi connectivity index (χ2v) is 8.44. The standard InChI is InChI=1S/C21H17Cl2N5O3S/c1-12-8-18(27-31-12)24-19(29)11-32-21-26-25-20(13-4-3-5-14(22)9-13)28(21)16-10-15(23)6-7-17(16)30-2/h3-10H,11H2,1-2H3,(H,24,27,29). The first-order valence-electron chi connectivity index (χ1n) is 9.36. The number of benzene rings is 2. The van der Waals surface area contributed by atoms with Gasteiger partial charge in [-0.05, 0) is 37.3 Å². The summed E-state index contributed by atoms with van der Waals surface area (Å²) in [6.45, 7) is 1.75. The SMILES string of the molecule is COc1ccc(Cl)cc1-n1c(SCC(=O)Nc2cc(C)on2)nnc1-c1cccc(Cl)c1.